The van der Waals surface area contributed by atoms with Crippen molar-refractivity contribution in [2.75, 3.05) is 5.73 Å². The summed E-state index contributed by atoms with van der Waals surface area (Å²) in [6.45, 7) is 9.13. The second-order valence-corrected chi connectivity index (χ2v) is 10.6. The molecule has 1 aromatic heterocycles. The van der Waals surface area contributed by atoms with Gasteiger partial charge in [-0.3, -0.25) is 9.59 Å². The molecule has 0 aliphatic heterocycles. The number of nitrogens with two attached hydrogens (primary N) is 1. The highest BCUT2D eigenvalue weighted by molar-refractivity contribution is 6.42. The Kier molecular flexibility index (Phi) is 11.0. The molecule has 0 aliphatic rings. The van der Waals surface area contributed by atoms with E-state index >= 15 is 0 Å². The molecule has 0 bridgehead atoms. The number of aromatic nitrogens is 1. The predicted molar refractivity (Wildman–Crippen MR) is 145 cm³/mol. The number of nitrogens with zero attached hydrogens (tertiary/aromatic N) is 1. The maximum Gasteiger partial charge on any atom is 0.408 e. The molecule has 2 aromatic rings. The van der Waals surface area contributed by atoms with Crippen LogP contribution in [0.1, 0.15) is 52.2 Å². The minimum Gasteiger partial charge on any atom is -0.444 e. The van der Waals surface area contributed by atoms with Crippen LogP contribution in [-0.4, -0.2) is 40.6 Å². The molecule has 5 N–H and O–H groups in total. The van der Waals surface area contributed by atoms with Gasteiger partial charge >= 0.3 is 6.09 Å². The molecular formula is C26H35Cl2N5O4. The molecule has 0 saturated carbocycles. The number of alkyl carbamates (subject to hydrolysis) is 1. The van der Waals surface area contributed by atoms with Gasteiger partial charge in [0.25, 0.3) is 0 Å². The van der Waals surface area contributed by atoms with Crippen LogP contribution in [0.3, 0.4) is 0 Å². The van der Waals surface area contributed by atoms with E-state index in [-0.39, 0.29) is 18.9 Å². The average molecular weight is 553 g/mol. The quantitative estimate of drug-likeness (QED) is 0.348. The minimum atomic E-state index is -0.960. The van der Waals surface area contributed by atoms with Crippen LogP contribution in [0.5, 0.6) is 0 Å². The summed E-state index contributed by atoms with van der Waals surface area (Å²) in [7, 11) is 0. The summed E-state index contributed by atoms with van der Waals surface area (Å²) in [5, 5.41) is 8.98. The Balaban J connectivity index is 2.23. The summed E-state index contributed by atoms with van der Waals surface area (Å²) in [6.07, 6.45) is 1.61. The summed E-state index contributed by atoms with van der Waals surface area (Å²) < 4.78 is 5.33. The molecular weight excluding hydrogens is 517 g/mol. The van der Waals surface area contributed by atoms with Gasteiger partial charge in [-0.1, -0.05) is 55.6 Å². The SMILES string of the molecule is CCC(C)C(NC(=O)OC(C)(C)C)C(=O)N[C@@H](Cc1ccc(Cl)c(Cl)c1)C(=O)NCc1ccc(N)nc1. The van der Waals surface area contributed by atoms with Gasteiger partial charge in [0.15, 0.2) is 0 Å². The standard InChI is InChI=1S/C26H35Cl2N5O4/c1-6-15(2)22(33-25(36)37-26(3,4)5)24(35)32-20(12-16-7-9-18(27)19(28)11-16)23(34)31-14-17-8-10-21(29)30-13-17/h7-11,13,15,20,22H,6,12,14H2,1-5H3,(H2,29,30)(H,31,34)(H,32,35)(H,33,36)/t15?,20-,22?/m0/s1. The maximum atomic E-state index is 13.4. The van der Waals surface area contributed by atoms with Crippen molar-refractivity contribution in [1.82, 2.24) is 20.9 Å². The number of halogens is 2. The van der Waals surface area contributed by atoms with Gasteiger partial charge in [0.2, 0.25) is 11.8 Å². The normalized spacial score (nSPS) is 13.7. The van der Waals surface area contributed by atoms with Gasteiger partial charge in [0.1, 0.15) is 23.5 Å². The first-order chi connectivity index (χ1) is 17.3. The number of carbonyl (C=O) groups excluding carboxylic acids is 3. The smallest absolute Gasteiger partial charge is 0.408 e. The number of nitrogens with one attached hydrogen (secondary N) is 3. The van der Waals surface area contributed by atoms with Gasteiger partial charge in [-0.25, -0.2) is 9.78 Å². The number of ether oxygens (including phenoxy) is 1. The highest BCUT2D eigenvalue weighted by atomic mass is 35.5. The average Bonchev–Trinajstić information content (AvgIpc) is 2.82. The first kappa shape index (κ1) is 30.2. The van der Waals surface area contributed by atoms with Gasteiger partial charge in [-0.15, -0.1) is 0 Å². The highest BCUT2D eigenvalue weighted by Crippen LogP contribution is 2.23. The first-order valence-electron chi connectivity index (χ1n) is 12.0. The van der Waals surface area contributed by atoms with Crippen molar-refractivity contribution in [3.8, 4) is 0 Å². The summed E-state index contributed by atoms with van der Waals surface area (Å²) in [4.78, 5) is 43.0. The van der Waals surface area contributed by atoms with Gasteiger partial charge in [-0.05, 0) is 56.0 Å². The van der Waals surface area contributed by atoms with E-state index in [9.17, 15) is 14.4 Å². The van der Waals surface area contributed by atoms with Crippen molar-refractivity contribution < 1.29 is 19.1 Å². The van der Waals surface area contributed by atoms with Crippen molar-refractivity contribution in [3.63, 3.8) is 0 Å². The van der Waals surface area contributed by atoms with E-state index in [0.717, 1.165) is 5.56 Å². The zero-order valence-corrected chi connectivity index (χ0v) is 23.2. The summed E-state index contributed by atoms with van der Waals surface area (Å²) in [6, 6.07) is 6.51. The molecule has 11 heteroatoms. The molecule has 3 atom stereocenters. The van der Waals surface area contributed by atoms with Crippen molar-refractivity contribution in [2.24, 2.45) is 5.92 Å². The molecule has 1 heterocycles. The van der Waals surface area contributed by atoms with E-state index in [1.165, 1.54) is 0 Å². The van der Waals surface area contributed by atoms with E-state index in [4.69, 9.17) is 33.7 Å². The number of pyridine rings is 1. The van der Waals surface area contributed by atoms with E-state index in [1.54, 1.807) is 57.3 Å². The molecule has 0 saturated heterocycles. The van der Waals surface area contributed by atoms with Crippen LogP contribution in [-0.2, 0) is 27.3 Å². The molecule has 0 spiro atoms. The van der Waals surface area contributed by atoms with Crippen molar-refractivity contribution in [1.29, 1.82) is 0 Å². The molecule has 0 fully saturated rings. The van der Waals surface area contributed by atoms with Gasteiger partial charge in [-0.2, -0.15) is 0 Å². The zero-order valence-electron chi connectivity index (χ0n) is 21.7. The molecule has 202 valence electrons. The van der Waals surface area contributed by atoms with E-state index in [2.05, 4.69) is 20.9 Å². The topological polar surface area (TPSA) is 135 Å². The monoisotopic (exact) mass is 551 g/mol. The predicted octanol–water partition coefficient (Wildman–Crippen LogP) is 4.25. The molecule has 9 nitrogen and oxygen atoms in total. The number of benzene rings is 1. The second-order valence-electron chi connectivity index (χ2n) is 9.83. The number of nitrogen functional groups attached to an aromatic ring is 1. The fraction of sp³-hybridized carbons (Fsp3) is 0.462. The lowest BCUT2D eigenvalue weighted by atomic mass is 9.97. The van der Waals surface area contributed by atoms with Crippen molar-refractivity contribution in [2.45, 2.75) is 71.7 Å². The third-order valence-corrected chi connectivity index (χ3v) is 6.28. The Morgan fingerprint density at radius 1 is 1.03 bits per heavy atom. The largest absolute Gasteiger partial charge is 0.444 e. The number of hydrogen-bond donors (Lipinski definition) is 4. The summed E-state index contributed by atoms with van der Waals surface area (Å²) in [5.74, 6) is -0.776. The van der Waals surface area contributed by atoms with E-state index < -0.39 is 35.6 Å². The lowest BCUT2D eigenvalue weighted by Gasteiger charge is -2.28. The minimum absolute atomic E-state index is 0.147. The van der Waals surface area contributed by atoms with Crippen LogP contribution < -0.4 is 21.7 Å². The Hall–Kier alpha value is -3.04. The van der Waals surface area contributed by atoms with Crippen molar-refractivity contribution in [3.05, 3.63) is 57.7 Å². The number of anilines is 1. The summed E-state index contributed by atoms with van der Waals surface area (Å²) >= 11 is 12.2. The molecule has 3 amide bonds. The molecule has 0 aliphatic carbocycles. The zero-order chi connectivity index (χ0) is 27.8. The molecule has 0 radical (unpaired) electrons. The molecule has 37 heavy (non-hydrogen) atoms. The lowest BCUT2D eigenvalue weighted by molar-refractivity contribution is -0.130. The number of hydrogen-bond acceptors (Lipinski definition) is 6. The van der Waals surface area contributed by atoms with Gasteiger partial charge in [0.05, 0.1) is 10.0 Å². The number of amides is 3. The van der Waals surface area contributed by atoms with Crippen LogP contribution in [0, 0.1) is 5.92 Å². The van der Waals surface area contributed by atoms with Crippen molar-refractivity contribution >= 4 is 46.9 Å². The fourth-order valence-corrected chi connectivity index (χ4v) is 3.68. The lowest BCUT2D eigenvalue weighted by Crippen LogP contribution is -2.56. The third kappa shape index (κ3) is 10.1. The number of rotatable bonds is 10. The number of carbonyl (C=O) groups is 3. The Labute approximate surface area is 227 Å². The Morgan fingerprint density at radius 3 is 2.27 bits per heavy atom. The van der Waals surface area contributed by atoms with Crippen LogP contribution in [0.15, 0.2) is 36.5 Å². The summed E-state index contributed by atoms with van der Waals surface area (Å²) in [5.41, 5.74) is 6.33. The van der Waals surface area contributed by atoms with Crippen LogP contribution in [0.4, 0.5) is 10.6 Å². The van der Waals surface area contributed by atoms with Gasteiger partial charge < -0.3 is 26.4 Å². The van der Waals surface area contributed by atoms with Crippen LogP contribution in [0.2, 0.25) is 10.0 Å². The van der Waals surface area contributed by atoms with Crippen LogP contribution >= 0.6 is 23.2 Å². The first-order valence-corrected chi connectivity index (χ1v) is 12.8. The molecule has 2 rings (SSSR count). The van der Waals surface area contributed by atoms with E-state index in [0.29, 0.717) is 27.8 Å². The molecule has 2 unspecified atom stereocenters. The van der Waals surface area contributed by atoms with Gasteiger partial charge in [0, 0.05) is 19.2 Å². The third-order valence-electron chi connectivity index (χ3n) is 5.54. The Bertz CT molecular complexity index is 1090. The van der Waals surface area contributed by atoms with E-state index in [1.807, 2.05) is 13.8 Å². The highest BCUT2D eigenvalue weighted by Gasteiger charge is 2.31. The van der Waals surface area contributed by atoms with Crippen LogP contribution in [0.25, 0.3) is 0 Å². The Morgan fingerprint density at radius 2 is 1.70 bits per heavy atom. The maximum absolute atomic E-state index is 13.4. The second kappa shape index (κ2) is 13.5. The molecule has 1 aromatic carbocycles. The fourth-order valence-electron chi connectivity index (χ4n) is 3.36.